The fourth-order valence-electron chi connectivity index (χ4n) is 1.74. The molecule has 0 heterocycles. The van der Waals surface area contributed by atoms with Gasteiger partial charge in [-0.1, -0.05) is 0 Å². The van der Waals surface area contributed by atoms with Crippen LogP contribution < -0.4 is 0 Å². The van der Waals surface area contributed by atoms with Crippen molar-refractivity contribution < 1.29 is 0 Å². The minimum absolute atomic E-state index is 1.16. The van der Waals surface area contributed by atoms with E-state index < -0.39 is 19.8 Å². The number of benzene rings is 2. The second-order valence-corrected chi connectivity index (χ2v) is 9.63. The number of rotatable bonds is 5. The zero-order valence-electron chi connectivity index (χ0n) is 10.3. The number of unbranched alkanes of at least 4 members (excludes halogenated alkanes) is 1. The van der Waals surface area contributed by atoms with Gasteiger partial charge < -0.3 is 0 Å². The van der Waals surface area contributed by atoms with Gasteiger partial charge in [0.15, 0.2) is 0 Å². The summed E-state index contributed by atoms with van der Waals surface area (Å²) in [5.74, 6) is 0. The molecule has 0 unspecified atom stereocenters. The maximum absolute atomic E-state index is 2.31. The van der Waals surface area contributed by atoms with Gasteiger partial charge in [-0.05, 0) is 0 Å². The summed E-state index contributed by atoms with van der Waals surface area (Å²) < 4.78 is 4.58. The average molecular weight is 338 g/mol. The zero-order valence-corrected chi connectivity index (χ0v) is 12.4. The third-order valence-corrected chi connectivity index (χ3v) is 8.96. The molecular formula is C16H19I. The van der Waals surface area contributed by atoms with Gasteiger partial charge in [-0.3, -0.25) is 0 Å². The molecule has 0 aliphatic carbocycles. The van der Waals surface area contributed by atoms with Crippen LogP contribution in [0.4, 0.5) is 0 Å². The molecule has 0 saturated carbocycles. The summed E-state index contributed by atoms with van der Waals surface area (Å²) in [7, 11) is 0. The predicted octanol–water partition coefficient (Wildman–Crippen LogP) is 5.03. The van der Waals surface area contributed by atoms with Crippen LogP contribution in [0.25, 0.3) is 0 Å². The standard InChI is InChI=1S/C16H19I/c1-2-3-14-17(15-10-6-4-7-11-15)16-12-8-5-9-13-16/h4-13H,2-3,14H2,1H3. The van der Waals surface area contributed by atoms with Crippen molar-refractivity contribution in [2.45, 2.75) is 19.8 Å². The van der Waals surface area contributed by atoms with Crippen molar-refractivity contribution in [3.05, 3.63) is 67.8 Å². The first-order valence-electron chi connectivity index (χ1n) is 6.17. The molecule has 0 aliphatic heterocycles. The van der Waals surface area contributed by atoms with E-state index in [1.807, 2.05) is 0 Å². The first-order valence-corrected chi connectivity index (χ1v) is 9.86. The molecule has 2 rings (SSSR count). The maximum atomic E-state index is 2.31. The van der Waals surface area contributed by atoms with E-state index in [0.717, 1.165) is 0 Å². The van der Waals surface area contributed by atoms with Crippen LogP contribution in [0.2, 0.25) is 0 Å². The van der Waals surface area contributed by atoms with Crippen LogP contribution in [0.3, 0.4) is 0 Å². The van der Waals surface area contributed by atoms with E-state index in [1.54, 1.807) is 7.14 Å². The molecule has 0 spiro atoms. The SMILES string of the molecule is CCCCI(c1ccccc1)c1ccccc1. The third-order valence-electron chi connectivity index (χ3n) is 2.67. The quantitative estimate of drug-likeness (QED) is 0.530. The first kappa shape index (κ1) is 12.6. The molecule has 0 atom stereocenters. The number of halogens is 1. The predicted molar refractivity (Wildman–Crippen MR) is 84.1 cm³/mol. The average Bonchev–Trinajstić information content (AvgIpc) is 2.42. The van der Waals surface area contributed by atoms with Gasteiger partial charge in [0.1, 0.15) is 0 Å². The van der Waals surface area contributed by atoms with E-state index >= 15 is 0 Å². The Kier molecular flexibility index (Phi) is 5.05. The topological polar surface area (TPSA) is 0 Å². The summed E-state index contributed by atoms with van der Waals surface area (Å²) in [5.41, 5.74) is 0. The molecule has 0 radical (unpaired) electrons. The van der Waals surface area contributed by atoms with Gasteiger partial charge in [0.05, 0.1) is 0 Å². The molecule has 0 nitrogen and oxygen atoms in total. The van der Waals surface area contributed by atoms with E-state index in [0.29, 0.717) is 0 Å². The first-order chi connectivity index (χ1) is 8.42. The van der Waals surface area contributed by atoms with Gasteiger partial charge in [0.25, 0.3) is 0 Å². The normalized spacial score (nSPS) is 11.2. The molecule has 1 heteroatoms. The van der Waals surface area contributed by atoms with E-state index in [-0.39, 0.29) is 0 Å². The van der Waals surface area contributed by atoms with E-state index in [4.69, 9.17) is 0 Å². The molecule has 90 valence electrons. The van der Waals surface area contributed by atoms with Gasteiger partial charge in [0.2, 0.25) is 0 Å². The van der Waals surface area contributed by atoms with Crippen molar-refractivity contribution in [1.29, 1.82) is 0 Å². The van der Waals surface area contributed by atoms with E-state index in [9.17, 15) is 0 Å². The van der Waals surface area contributed by atoms with Crippen LogP contribution in [0.5, 0.6) is 0 Å². The Morgan fingerprint density at radius 1 is 0.765 bits per heavy atom. The van der Waals surface area contributed by atoms with Crippen LogP contribution in [0.1, 0.15) is 19.8 Å². The fourth-order valence-corrected chi connectivity index (χ4v) is 7.80. The third kappa shape index (κ3) is 3.56. The summed E-state index contributed by atoms with van der Waals surface area (Å²) in [6.45, 7) is 2.28. The van der Waals surface area contributed by atoms with Crippen molar-refractivity contribution in [3.63, 3.8) is 0 Å². The second kappa shape index (κ2) is 6.80. The summed E-state index contributed by atoms with van der Waals surface area (Å²) in [6.07, 6.45) is 2.66. The van der Waals surface area contributed by atoms with Crippen molar-refractivity contribution in [1.82, 2.24) is 0 Å². The van der Waals surface area contributed by atoms with Crippen molar-refractivity contribution in [2.75, 3.05) is 4.43 Å². The summed E-state index contributed by atoms with van der Waals surface area (Å²) >= 11 is -1.16. The van der Waals surface area contributed by atoms with Gasteiger partial charge in [-0.25, -0.2) is 0 Å². The Morgan fingerprint density at radius 2 is 1.24 bits per heavy atom. The number of hydrogen-bond acceptors (Lipinski definition) is 0. The summed E-state index contributed by atoms with van der Waals surface area (Å²) in [6, 6.07) is 22.2. The number of alkyl halides is 1. The molecule has 2 aromatic carbocycles. The van der Waals surface area contributed by atoms with Crippen molar-refractivity contribution >= 4 is 19.8 Å². The van der Waals surface area contributed by atoms with E-state index in [2.05, 4.69) is 67.6 Å². The minimum atomic E-state index is -1.16. The van der Waals surface area contributed by atoms with Gasteiger partial charge in [-0.15, -0.1) is 0 Å². The molecular weight excluding hydrogens is 319 g/mol. The van der Waals surface area contributed by atoms with Gasteiger partial charge in [0, 0.05) is 0 Å². The Labute approximate surface area is 111 Å². The number of hydrogen-bond donors (Lipinski definition) is 0. The van der Waals surface area contributed by atoms with Crippen LogP contribution in [0.15, 0.2) is 60.7 Å². The molecule has 0 N–H and O–H groups in total. The molecule has 0 saturated heterocycles. The second-order valence-electron chi connectivity index (χ2n) is 4.00. The molecule has 0 amide bonds. The Bertz CT molecular complexity index is 382. The van der Waals surface area contributed by atoms with Gasteiger partial charge >= 0.3 is 112 Å². The van der Waals surface area contributed by atoms with Crippen LogP contribution in [-0.2, 0) is 0 Å². The fraction of sp³-hybridized carbons (Fsp3) is 0.250. The molecule has 0 aliphatic rings. The van der Waals surface area contributed by atoms with Crippen LogP contribution in [-0.4, -0.2) is 4.43 Å². The van der Waals surface area contributed by atoms with Gasteiger partial charge in [-0.2, -0.15) is 0 Å². The molecule has 17 heavy (non-hydrogen) atoms. The van der Waals surface area contributed by atoms with Crippen molar-refractivity contribution in [2.24, 2.45) is 0 Å². The molecule has 2 aromatic rings. The molecule has 0 aromatic heterocycles. The Hall–Kier alpha value is -0.830. The summed E-state index contributed by atoms with van der Waals surface area (Å²) in [5, 5.41) is 0. The van der Waals surface area contributed by atoms with Crippen molar-refractivity contribution in [3.8, 4) is 0 Å². The summed E-state index contributed by atoms with van der Waals surface area (Å²) in [4.78, 5) is 0. The zero-order chi connectivity index (χ0) is 11.9. The van der Waals surface area contributed by atoms with E-state index in [1.165, 1.54) is 17.3 Å². The Balaban J connectivity index is 2.26. The Morgan fingerprint density at radius 3 is 1.65 bits per heavy atom. The molecule has 0 fully saturated rings. The van der Waals surface area contributed by atoms with Crippen LogP contribution >= 0.6 is 19.8 Å². The molecule has 0 bridgehead atoms. The van der Waals surface area contributed by atoms with Crippen LogP contribution in [0, 0.1) is 7.14 Å². The monoisotopic (exact) mass is 338 g/mol.